The Bertz CT molecular complexity index is 937. The highest BCUT2D eigenvalue weighted by atomic mass is 16.2. The molecule has 164 valence electrons. The maximum Gasteiger partial charge on any atom is 0.253 e. The molecule has 0 spiro atoms. The van der Waals surface area contributed by atoms with Gasteiger partial charge >= 0.3 is 0 Å². The normalized spacial score (nSPS) is 27.0. The van der Waals surface area contributed by atoms with Gasteiger partial charge in [-0.15, -0.1) is 0 Å². The highest BCUT2D eigenvalue weighted by Gasteiger charge is 2.35. The average molecular weight is 421 g/mol. The maximum absolute atomic E-state index is 13.7. The van der Waals surface area contributed by atoms with Crippen LogP contribution < -0.4 is 10.2 Å². The van der Waals surface area contributed by atoms with Crippen LogP contribution in [0.5, 0.6) is 0 Å². The van der Waals surface area contributed by atoms with E-state index in [1.165, 1.54) is 25.8 Å². The third kappa shape index (κ3) is 3.94. The molecule has 3 heterocycles. The van der Waals surface area contributed by atoms with Gasteiger partial charge in [0, 0.05) is 18.2 Å². The molecule has 0 saturated carbocycles. The third-order valence-corrected chi connectivity index (χ3v) is 7.33. The SMILES string of the molecule is CN1CCCC1C1CCCN(CC(=O)N2C3=C(CCC=C3)C(=O)Nc3ccccc32)C1. The Morgan fingerprint density at radius 2 is 2.00 bits per heavy atom. The molecule has 1 aliphatic carbocycles. The van der Waals surface area contributed by atoms with Gasteiger partial charge in [-0.2, -0.15) is 0 Å². The fraction of sp³-hybridized carbons (Fsp3) is 0.520. The summed E-state index contributed by atoms with van der Waals surface area (Å²) in [6.07, 6.45) is 10.5. The number of likely N-dealkylation sites (tertiary alicyclic amines) is 2. The molecule has 0 radical (unpaired) electrons. The zero-order chi connectivity index (χ0) is 21.4. The van der Waals surface area contributed by atoms with Crippen molar-refractivity contribution in [3.05, 3.63) is 47.7 Å². The lowest BCUT2D eigenvalue weighted by Crippen LogP contribution is -2.48. The van der Waals surface area contributed by atoms with Crippen LogP contribution in [0, 0.1) is 5.92 Å². The molecular weight excluding hydrogens is 388 g/mol. The molecule has 3 aliphatic heterocycles. The van der Waals surface area contributed by atoms with Crippen molar-refractivity contribution in [1.82, 2.24) is 9.80 Å². The predicted octanol–water partition coefficient (Wildman–Crippen LogP) is 3.38. The first-order valence-electron chi connectivity index (χ1n) is 11.7. The van der Waals surface area contributed by atoms with Crippen molar-refractivity contribution in [1.29, 1.82) is 0 Å². The largest absolute Gasteiger partial charge is 0.320 e. The number of benzene rings is 1. The van der Waals surface area contributed by atoms with Crippen LogP contribution in [0.15, 0.2) is 47.7 Å². The molecule has 1 aromatic rings. The van der Waals surface area contributed by atoms with E-state index in [-0.39, 0.29) is 11.8 Å². The summed E-state index contributed by atoms with van der Waals surface area (Å²) in [5, 5.41) is 3.02. The number of amides is 2. The van der Waals surface area contributed by atoms with E-state index in [2.05, 4.69) is 28.2 Å². The number of piperidine rings is 1. The van der Waals surface area contributed by atoms with Gasteiger partial charge in [0.15, 0.2) is 0 Å². The van der Waals surface area contributed by atoms with Gasteiger partial charge in [-0.1, -0.05) is 18.2 Å². The molecule has 31 heavy (non-hydrogen) atoms. The second-order valence-electron chi connectivity index (χ2n) is 9.33. The molecule has 0 bridgehead atoms. The van der Waals surface area contributed by atoms with Crippen LogP contribution in [0.3, 0.4) is 0 Å². The fourth-order valence-electron chi connectivity index (χ4n) is 5.80. The van der Waals surface area contributed by atoms with Gasteiger partial charge in [-0.25, -0.2) is 0 Å². The summed E-state index contributed by atoms with van der Waals surface area (Å²) in [6.45, 7) is 3.53. The Hall–Kier alpha value is -2.44. The zero-order valence-electron chi connectivity index (χ0n) is 18.3. The van der Waals surface area contributed by atoms with Crippen molar-refractivity contribution in [3.8, 4) is 0 Å². The van der Waals surface area contributed by atoms with Crippen molar-refractivity contribution in [2.75, 3.05) is 43.4 Å². The Kier molecular flexibility index (Phi) is 5.67. The number of anilines is 2. The smallest absolute Gasteiger partial charge is 0.253 e. The number of rotatable bonds is 3. The highest BCUT2D eigenvalue weighted by molar-refractivity contribution is 6.13. The quantitative estimate of drug-likeness (QED) is 0.815. The van der Waals surface area contributed by atoms with Gasteiger partial charge in [0.05, 0.1) is 23.6 Å². The first kappa shape index (κ1) is 20.5. The number of carbonyl (C=O) groups excluding carboxylic acids is 2. The lowest BCUT2D eigenvalue weighted by molar-refractivity contribution is -0.119. The average Bonchev–Trinajstić information content (AvgIpc) is 3.16. The number of hydrogen-bond acceptors (Lipinski definition) is 4. The molecule has 1 N–H and O–H groups in total. The molecule has 2 unspecified atom stereocenters. The lowest BCUT2D eigenvalue weighted by Gasteiger charge is -2.38. The van der Waals surface area contributed by atoms with Gasteiger partial charge in [-0.05, 0) is 82.8 Å². The number of hydrogen-bond donors (Lipinski definition) is 1. The number of para-hydroxylation sites is 2. The van der Waals surface area contributed by atoms with Gasteiger partial charge in [0.1, 0.15) is 0 Å². The number of carbonyl (C=O) groups is 2. The molecule has 1 aromatic carbocycles. The van der Waals surface area contributed by atoms with Gasteiger partial charge in [0.25, 0.3) is 5.91 Å². The van der Waals surface area contributed by atoms with E-state index in [4.69, 9.17) is 0 Å². The van der Waals surface area contributed by atoms with Gasteiger partial charge < -0.3 is 10.2 Å². The van der Waals surface area contributed by atoms with E-state index in [9.17, 15) is 9.59 Å². The number of nitrogens with zero attached hydrogens (tertiary/aromatic N) is 3. The van der Waals surface area contributed by atoms with E-state index < -0.39 is 0 Å². The van der Waals surface area contributed by atoms with E-state index in [1.54, 1.807) is 4.90 Å². The number of allylic oxidation sites excluding steroid dienone is 2. The molecule has 6 heteroatoms. The van der Waals surface area contributed by atoms with Crippen LogP contribution in [-0.4, -0.2) is 60.9 Å². The van der Waals surface area contributed by atoms with Crippen molar-refractivity contribution in [3.63, 3.8) is 0 Å². The molecule has 6 nitrogen and oxygen atoms in total. The monoisotopic (exact) mass is 420 g/mol. The van der Waals surface area contributed by atoms with Crippen LogP contribution >= 0.6 is 0 Å². The minimum Gasteiger partial charge on any atom is -0.320 e. The molecule has 0 aromatic heterocycles. The number of fused-ring (bicyclic) bond motifs is 1. The molecule has 2 atom stereocenters. The summed E-state index contributed by atoms with van der Waals surface area (Å²) in [5.74, 6) is 0.589. The van der Waals surface area contributed by atoms with Crippen LogP contribution in [-0.2, 0) is 9.59 Å². The summed E-state index contributed by atoms with van der Waals surface area (Å²) in [7, 11) is 2.24. The summed E-state index contributed by atoms with van der Waals surface area (Å²) < 4.78 is 0. The van der Waals surface area contributed by atoms with Crippen LogP contribution in [0.4, 0.5) is 11.4 Å². The van der Waals surface area contributed by atoms with Gasteiger partial charge in [0.2, 0.25) is 5.91 Å². The summed E-state index contributed by atoms with van der Waals surface area (Å²) >= 11 is 0. The Labute approximate surface area is 184 Å². The minimum atomic E-state index is -0.0931. The first-order valence-corrected chi connectivity index (χ1v) is 11.7. The molecule has 2 saturated heterocycles. The highest BCUT2D eigenvalue weighted by Crippen LogP contribution is 2.37. The first-order chi connectivity index (χ1) is 15.1. The zero-order valence-corrected chi connectivity index (χ0v) is 18.3. The molecule has 2 fully saturated rings. The topological polar surface area (TPSA) is 55.9 Å². The van der Waals surface area contributed by atoms with Crippen molar-refractivity contribution in [2.45, 2.75) is 44.6 Å². The Balaban J connectivity index is 1.40. The lowest BCUT2D eigenvalue weighted by atomic mass is 9.89. The molecular formula is C25H32N4O2. The second-order valence-corrected chi connectivity index (χ2v) is 9.33. The third-order valence-electron chi connectivity index (χ3n) is 7.33. The van der Waals surface area contributed by atoms with Crippen LogP contribution in [0.1, 0.15) is 38.5 Å². The van der Waals surface area contributed by atoms with Crippen LogP contribution in [0.2, 0.25) is 0 Å². The van der Waals surface area contributed by atoms with E-state index >= 15 is 0 Å². The van der Waals surface area contributed by atoms with Crippen LogP contribution in [0.25, 0.3) is 0 Å². The Morgan fingerprint density at radius 1 is 1.16 bits per heavy atom. The van der Waals surface area contributed by atoms with Crippen molar-refractivity contribution in [2.24, 2.45) is 5.92 Å². The van der Waals surface area contributed by atoms with E-state index in [1.807, 2.05) is 30.3 Å². The van der Waals surface area contributed by atoms with Gasteiger partial charge in [-0.3, -0.25) is 19.4 Å². The number of nitrogens with one attached hydrogen (secondary N) is 1. The minimum absolute atomic E-state index is 0.0448. The van der Waals surface area contributed by atoms with E-state index in [0.29, 0.717) is 36.2 Å². The molecule has 4 aliphatic rings. The summed E-state index contributed by atoms with van der Waals surface area (Å²) in [4.78, 5) is 33.2. The Morgan fingerprint density at radius 3 is 2.84 bits per heavy atom. The molecule has 2 amide bonds. The standard InChI is InChI=1S/C25H32N4O2/c1-27-14-7-13-21(27)18-8-6-15-28(16-18)17-24(30)29-22-11-4-2-9-19(22)25(31)26-20-10-3-5-12-23(20)29/h3-5,10-12,18,21H,2,6-9,13-17H2,1H3,(H,26,31). The van der Waals surface area contributed by atoms with E-state index in [0.717, 1.165) is 37.3 Å². The van der Waals surface area contributed by atoms with Crippen molar-refractivity contribution < 1.29 is 9.59 Å². The summed E-state index contributed by atoms with van der Waals surface area (Å²) in [6, 6.07) is 8.28. The predicted molar refractivity (Wildman–Crippen MR) is 123 cm³/mol. The van der Waals surface area contributed by atoms with Crippen molar-refractivity contribution >= 4 is 23.2 Å². The summed E-state index contributed by atoms with van der Waals surface area (Å²) in [5.41, 5.74) is 2.91. The fourth-order valence-corrected chi connectivity index (χ4v) is 5.80. The molecule has 5 rings (SSSR count). The maximum atomic E-state index is 13.7. The second kappa shape index (κ2) is 8.60.